The third-order valence-corrected chi connectivity index (χ3v) is 6.80. The molecule has 0 amide bonds. The predicted molar refractivity (Wildman–Crippen MR) is 126 cm³/mol. The maximum absolute atomic E-state index is 11.2. The van der Waals surface area contributed by atoms with Crippen molar-refractivity contribution in [2.45, 2.75) is 30.8 Å². The fourth-order valence-corrected chi connectivity index (χ4v) is 4.53. The van der Waals surface area contributed by atoms with Crippen molar-refractivity contribution in [2.75, 3.05) is 32.7 Å². The molecule has 0 radical (unpaired) electrons. The number of halogens is 4. The van der Waals surface area contributed by atoms with Gasteiger partial charge in [-0.25, -0.2) is 0 Å². The highest BCUT2D eigenvalue weighted by molar-refractivity contribution is 6.42. The Balaban J connectivity index is 0.000000806. The second-order valence-electron chi connectivity index (χ2n) is 7.87. The molecule has 1 unspecified atom stereocenters. The molecule has 4 rings (SSSR count). The maximum Gasteiger partial charge on any atom is 0.0832 e. The van der Waals surface area contributed by atoms with Crippen molar-refractivity contribution in [3.63, 3.8) is 0 Å². The monoisotopic (exact) mass is 490 g/mol. The summed E-state index contributed by atoms with van der Waals surface area (Å²) >= 11 is 20.8. The van der Waals surface area contributed by atoms with Gasteiger partial charge in [0, 0.05) is 38.6 Å². The molecule has 2 aromatic carbocycles. The number of benzene rings is 2. The van der Waals surface area contributed by atoms with E-state index in [0.29, 0.717) is 10.0 Å². The van der Waals surface area contributed by atoms with E-state index >= 15 is 0 Å². The number of rotatable bonds is 5. The minimum atomic E-state index is -0.582. The van der Waals surface area contributed by atoms with Gasteiger partial charge >= 0.3 is 0 Å². The van der Waals surface area contributed by atoms with Gasteiger partial charge in [0.1, 0.15) is 0 Å². The summed E-state index contributed by atoms with van der Waals surface area (Å²) in [5.41, 5.74) is 2.78. The van der Waals surface area contributed by atoms with E-state index in [1.807, 2.05) is 18.2 Å². The Kier molecular flexibility index (Phi) is 9.11. The van der Waals surface area contributed by atoms with Crippen molar-refractivity contribution in [3.8, 4) is 11.1 Å². The second kappa shape index (κ2) is 11.3. The highest BCUT2D eigenvalue weighted by atomic mass is 35.6. The molecule has 4 nitrogen and oxygen atoms in total. The summed E-state index contributed by atoms with van der Waals surface area (Å²) in [6.07, 6.45) is 2.89. The molecule has 8 heteroatoms. The molecule has 2 fully saturated rings. The van der Waals surface area contributed by atoms with Crippen LogP contribution in [0.3, 0.4) is 0 Å². The van der Waals surface area contributed by atoms with E-state index in [9.17, 15) is 5.11 Å². The van der Waals surface area contributed by atoms with Gasteiger partial charge in [-0.05, 0) is 48.1 Å². The van der Waals surface area contributed by atoms with E-state index in [4.69, 9.17) is 23.2 Å². The van der Waals surface area contributed by atoms with Crippen molar-refractivity contribution >= 4 is 46.9 Å². The van der Waals surface area contributed by atoms with E-state index in [1.54, 1.807) is 0 Å². The van der Waals surface area contributed by atoms with E-state index in [1.165, 1.54) is 5.56 Å². The average molecular weight is 492 g/mol. The van der Waals surface area contributed by atoms with E-state index < -0.39 is 5.60 Å². The number of aliphatic hydroxyl groups is 1. The number of hydrogen-bond donors (Lipinski definition) is 2. The van der Waals surface area contributed by atoms with Gasteiger partial charge in [0.25, 0.3) is 0 Å². The predicted octanol–water partition coefficient (Wildman–Crippen LogP) is 5.87. The van der Waals surface area contributed by atoms with Gasteiger partial charge in [0.05, 0.1) is 39.4 Å². The smallest absolute Gasteiger partial charge is 0.0832 e. The summed E-state index contributed by atoms with van der Waals surface area (Å²) in [7, 11) is 0. The normalized spacial score (nSPS) is 19.4. The van der Waals surface area contributed by atoms with Crippen LogP contribution in [0.1, 0.15) is 30.7 Å². The number of nitrogens with zero attached hydrogens (tertiary/aromatic N) is 1. The second-order valence-corrected chi connectivity index (χ2v) is 9.15. The molecule has 0 bridgehead atoms. The molecule has 2 N–H and O–H groups in total. The van der Waals surface area contributed by atoms with Crippen molar-refractivity contribution < 1.29 is 8.95 Å². The lowest BCUT2D eigenvalue weighted by Crippen LogP contribution is -2.51. The van der Waals surface area contributed by atoms with Gasteiger partial charge in [0.2, 0.25) is 0 Å². The zero-order chi connectivity index (χ0) is 21.6. The van der Waals surface area contributed by atoms with Crippen LogP contribution in [-0.4, -0.2) is 48.3 Å². The Morgan fingerprint density at radius 3 is 2.27 bits per heavy atom. The van der Waals surface area contributed by atoms with Crippen LogP contribution in [0.25, 0.3) is 11.1 Å². The standard InChI is InChI=1S/C22H26Cl2N2O.Cl2O/c23-20-6-5-17(14-21(20)24)16-3-1-4-18(13-16)19(22(27)7-2-8-22)15-26-11-9-25-10-12-26;1-3-2/h1,3-6,13-14,19,25,27H,2,7-12,15H2;. The van der Waals surface area contributed by atoms with Crippen molar-refractivity contribution in [1.82, 2.24) is 10.2 Å². The highest BCUT2D eigenvalue weighted by Gasteiger charge is 2.43. The van der Waals surface area contributed by atoms with Crippen LogP contribution in [-0.2, 0) is 3.84 Å². The number of hydrogen-bond acceptors (Lipinski definition) is 4. The summed E-state index contributed by atoms with van der Waals surface area (Å²) in [4.78, 5) is 2.48. The largest absolute Gasteiger partial charge is 0.389 e. The Bertz CT molecular complexity index is 827. The van der Waals surface area contributed by atoms with Crippen LogP contribution in [0, 0.1) is 0 Å². The number of nitrogens with one attached hydrogen (secondary N) is 1. The summed E-state index contributed by atoms with van der Waals surface area (Å²) < 4.78 is 3.19. The van der Waals surface area contributed by atoms with Crippen LogP contribution >= 0.6 is 46.9 Å². The zero-order valence-corrected chi connectivity index (χ0v) is 19.6. The van der Waals surface area contributed by atoms with E-state index in [2.05, 4.69) is 62.1 Å². The first-order valence-electron chi connectivity index (χ1n) is 10.1. The lowest BCUT2D eigenvalue weighted by Gasteiger charge is -2.46. The SMILES string of the molecule is ClOCl.OC1(C(CN2CCNCC2)c2cccc(-c3ccc(Cl)c(Cl)c3)c2)CCC1. The fraction of sp³-hybridized carbons (Fsp3) is 0.455. The molecule has 1 saturated carbocycles. The van der Waals surface area contributed by atoms with Gasteiger partial charge in [0.15, 0.2) is 0 Å². The first kappa shape index (κ1) is 24.1. The highest BCUT2D eigenvalue weighted by Crippen LogP contribution is 2.44. The molecule has 2 aromatic rings. The van der Waals surface area contributed by atoms with Crippen molar-refractivity contribution in [3.05, 3.63) is 58.1 Å². The minimum Gasteiger partial charge on any atom is -0.389 e. The van der Waals surface area contributed by atoms with Gasteiger partial charge in [-0.15, -0.1) is 0 Å². The van der Waals surface area contributed by atoms with Crippen LogP contribution in [0.5, 0.6) is 0 Å². The number of piperazine rings is 1. The van der Waals surface area contributed by atoms with Gasteiger partial charge < -0.3 is 15.3 Å². The minimum absolute atomic E-state index is 0.132. The first-order valence-corrected chi connectivity index (χ1v) is 11.4. The van der Waals surface area contributed by atoms with E-state index in [-0.39, 0.29) is 5.92 Å². The Hall–Kier alpha value is -0.560. The van der Waals surface area contributed by atoms with Crippen LogP contribution < -0.4 is 5.32 Å². The molecule has 0 aromatic heterocycles. The fourth-order valence-electron chi connectivity index (χ4n) is 4.24. The third kappa shape index (κ3) is 6.02. The molecular weight excluding hydrogens is 466 g/mol. The van der Waals surface area contributed by atoms with Crippen LogP contribution in [0.4, 0.5) is 0 Å². The van der Waals surface area contributed by atoms with Crippen molar-refractivity contribution in [1.29, 1.82) is 0 Å². The molecule has 1 aliphatic heterocycles. The Morgan fingerprint density at radius 2 is 1.67 bits per heavy atom. The molecular formula is C22H26Cl4N2O2. The van der Waals surface area contributed by atoms with Crippen LogP contribution in [0.2, 0.25) is 10.0 Å². The maximum atomic E-state index is 11.2. The Morgan fingerprint density at radius 1 is 1.00 bits per heavy atom. The van der Waals surface area contributed by atoms with Gasteiger partial charge in [-0.2, -0.15) is 3.84 Å². The van der Waals surface area contributed by atoms with Gasteiger partial charge in [-0.1, -0.05) is 53.5 Å². The topological polar surface area (TPSA) is 44.7 Å². The van der Waals surface area contributed by atoms with E-state index in [0.717, 1.165) is 63.1 Å². The summed E-state index contributed by atoms with van der Waals surface area (Å²) in [6.45, 7) is 5.03. The lowest BCUT2D eigenvalue weighted by atomic mass is 9.68. The Labute approximate surface area is 198 Å². The quantitative estimate of drug-likeness (QED) is 0.548. The average Bonchev–Trinajstić information content (AvgIpc) is 2.74. The van der Waals surface area contributed by atoms with Gasteiger partial charge in [-0.3, -0.25) is 0 Å². The molecule has 1 aliphatic carbocycles. The first-order chi connectivity index (χ1) is 14.5. The molecule has 1 atom stereocenters. The molecule has 0 spiro atoms. The molecule has 2 aliphatic rings. The molecule has 1 heterocycles. The summed E-state index contributed by atoms with van der Waals surface area (Å²) in [5, 5.41) is 15.8. The molecule has 1 saturated heterocycles. The lowest BCUT2D eigenvalue weighted by molar-refractivity contribution is -0.0652. The molecule has 164 valence electrons. The molecule has 30 heavy (non-hydrogen) atoms. The zero-order valence-electron chi connectivity index (χ0n) is 16.6. The van der Waals surface area contributed by atoms with Crippen LogP contribution in [0.15, 0.2) is 42.5 Å². The summed E-state index contributed by atoms with van der Waals surface area (Å²) in [6, 6.07) is 14.3. The summed E-state index contributed by atoms with van der Waals surface area (Å²) in [5.74, 6) is 0.132. The third-order valence-electron chi connectivity index (χ3n) is 6.06. The van der Waals surface area contributed by atoms with Crippen molar-refractivity contribution in [2.24, 2.45) is 0 Å².